The molecule has 0 aliphatic carbocycles. The molecule has 0 amide bonds. The van der Waals surface area contributed by atoms with E-state index in [1.54, 1.807) is 0 Å². The van der Waals surface area contributed by atoms with Gasteiger partial charge in [-0.25, -0.2) is 4.79 Å². The molecular formula is C44H76NO7+. The zero-order chi connectivity index (χ0) is 38.5. The summed E-state index contributed by atoms with van der Waals surface area (Å²) in [6.45, 7) is 4.53. The van der Waals surface area contributed by atoms with Crippen LogP contribution in [0.3, 0.4) is 0 Å². The number of aliphatic carboxylic acids is 1. The van der Waals surface area contributed by atoms with Crippen LogP contribution in [0.5, 0.6) is 0 Å². The fourth-order valence-electron chi connectivity index (χ4n) is 5.49. The van der Waals surface area contributed by atoms with Gasteiger partial charge in [-0.1, -0.05) is 113 Å². The molecule has 1 N–H and O–H groups in total. The average molecular weight is 731 g/mol. The molecule has 0 heterocycles. The minimum absolute atomic E-state index is 0.0430. The number of carbonyl (C=O) groups is 3. The number of unbranched alkanes of at least 4 members (excludes halogenated alkanes) is 11. The number of esters is 2. The van der Waals surface area contributed by atoms with Crippen molar-refractivity contribution in [1.29, 1.82) is 0 Å². The van der Waals surface area contributed by atoms with Crippen LogP contribution in [-0.4, -0.2) is 80.6 Å². The van der Waals surface area contributed by atoms with E-state index in [0.717, 1.165) is 83.5 Å². The van der Waals surface area contributed by atoms with Gasteiger partial charge in [0, 0.05) is 19.3 Å². The van der Waals surface area contributed by atoms with Crippen LogP contribution in [0.2, 0.25) is 0 Å². The Bertz CT molecular complexity index is 1040. The highest BCUT2D eigenvalue weighted by Crippen LogP contribution is 2.12. The number of rotatable bonds is 35. The Labute approximate surface area is 318 Å². The van der Waals surface area contributed by atoms with Crippen LogP contribution in [0.1, 0.15) is 149 Å². The van der Waals surface area contributed by atoms with Crippen LogP contribution in [0, 0.1) is 0 Å². The lowest BCUT2D eigenvalue weighted by atomic mass is 10.1. The van der Waals surface area contributed by atoms with Crippen molar-refractivity contribution < 1.29 is 38.2 Å². The maximum absolute atomic E-state index is 12.7. The normalized spacial score (nSPS) is 13.6. The van der Waals surface area contributed by atoms with Gasteiger partial charge >= 0.3 is 17.9 Å². The van der Waals surface area contributed by atoms with E-state index in [0.29, 0.717) is 12.8 Å². The van der Waals surface area contributed by atoms with Crippen molar-refractivity contribution in [2.45, 2.75) is 161 Å². The molecular weight excluding hydrogens is 654 g/mol. The minimum atomic E-state index is -0.885. The van der Waals surface area contributed by atoms with Gasteiger partial charge in [-0.2, -0.15) is 0 Å². The number of hydrogen-bond donors (Lipinski definition) is 1. The van der Waals surface area contributed by atoms with Gasteiger partial charge in [-0.05, 0) is 77.0 Å². The van der Waals surface area contributed by atoms with Crippen molar-refractivity contribution >= 4 is 17.9 Å². The predicted octanol–water partition coefficient (Wildman–Crippen LogP) is 10.6. The van der Waals surface area contributed by atoms with Crippen molar-refractivity contribution in [1.82, 2.24) is 0 Å². The fourth-order valence-corrected chi connectivity index (χ4v) is 5.49. The third kappa shape index (κ3) is 32.9. The topological polar surface area (TPSA) is 99.1 Å². The van der Waals surface area contributed by atoms with E-state index in [9.17, 15) is 19.5 Å². The molecule has 2 unspecified atom stereocenters. The van der Waals surface area contributed by atoms with Gasteiger partial charge in [0.1, 0.15) is 6.61 Å². The summed E-state index contributed by atoms with van der Waals surface area (Å²) in [6.07, 6.45) is 41.2. The second-order valence-corrected chi connectivity index (χ2v) is 14.5. The number of carbonyl (C=O) groups excluding carboxylic acids is 2. The summed E-state index contributed by atoms with van der Waals surface area (Å²) in [7, 11) is 5.50. The van der Waals surface area contributed by atoms with Crippen LogP contribution in [0.25, 0.3) is 0 Å². The van der Waals surface area contributed by atoms with Gasteiger partial charge < -0.3 is 23.8 Å². The van der Waals surface area contributed by atoms with E-state index in [2.05, 4.69) is 74.6 Å². The lowest BCUT2D eigenvalue weighted by Crippen LogP contribution is -2.50. The van der Waals surface area contributed by atoms with Crippen LogP contribution < -0.4 is 0 Å². The number of likely N-dealkylation sites (N-methyl/N-ethyl adjacent to an activating group) is 1. The Hall–Kier alpha value is -2.97. The number of quaternary nitrogens is 1. The van der Waals surface area contributed by atoms with Gasteiger partial charge in [0.2, 0.25) is 0 Å². The van der Waals surface area contributed by atoms with E-state index in [-0.39, 0.29) is 42.7 Å². The molecule has 0 bridgehead atoms. The second-order valence-electron chi connectivity index (χ2n) is 14.5. The average Bonchev–Trinajstić information content (AvgIpc) is 3.09. The van der Waals surface area contributed by atoms with Crippen molar-refractivity contribution in [3.63, 3.8) is 0 Å². The monoisotopic (exact) mass is 731 g/mol. The molecule has 8 heteroatoms. The first kappa shape index (κ1) is 49.0. The highest BCUT2D eigenvalue weighted by molar-refractivity contribution is 5.72. The summed E-state index contributed by atoms with van der Waals surface area (Å²) >= 11 is 0. The molecule has 0 rings (SSSR count). The van der Waals surface area contributed by atoms with Gasteiger partial charge in [-0.15, -0.1) is 0 Å². The summed E-state index contributed by atoms with van der Waals surface area (Å²) in [5.74, 6) is -1.53. The van der Waals surface area contributed by atoms with E-state index in [4.69, 9.17) is 14.2 Å². The molecule has 0 fully saturated rings. The number of allylic oxidation sites excluding steroid dienone is 10. The van der Waals surface area contributed by atoms with Crippen LogP contribution in [0.4, 0.5) is 0 Å². The smallest absolute Gasteiger partial charge is 0.362 e. The van der Waals surface area contributed by atoms with Crippen molar-refractivity contribution in [3.8, 4) is 0 Å². The van der Waals surface area contributed by atoms with Gasteiger partial charge in [0.15, 0.2) is 12.1 Å². The maximum Gasteiger partial charge on any atom is 0.362 e. The number of carboxylic acids is 1. The van der Waals surface area contributed by atoms with Crippen molar-refractivity contribution in [2.75, 3.05) is 41.0 Å². The Morgan fingerprint density at radius 2 is 1.08 bits per heavy atom. The molecule has 0 aromatic carbocycles. The Kier molecular flexibility index (Phi) is 33.1. The first-order valence-corrected chi connectivity index (χ1v) is 20.3. The van der Waals surface area contributed by atoms with Crippen molar-refractivity contribution in [2.24, 2.45) is 0 Å². The minimum Gasteiger partial charge on any atom is -0.477 e. The van der Waals surface area contributed by atoms with E-state index < -0.39 is 18.1 Å². The standard InChI is InChI=1S/C44H75NO7/c1-6-8-10-12-14-16-18-20-21-22-23-25-27-29-31-33-35-43(47)52-40(38-50-37-36-41(44(48)49)45(3,4)5)39-51-42(46)34-32-30-28-26-24-19-17-15-13-11-9-7-2/h8,10,14-17,20-21,23,25,40-41H,6-7,9,11-13,18-19,22,24,26-39H2,1-5H3/p+1/b10-8+,16-14+,17-15+,21-20+,25-23+. The van der Waals surface area contributed by atoms with E-state index >= 15 is 0 Å². The van der Waals surface area contributed by atoms with Crippen LogP contribution in [-0.2, 0) is 28.6 Å². The Morgan fingerprint density at radius 3 is 1.63 bits per heavy atom. The summed E-state index contributed by atoms with van der Waals surface area (Å²) < 4.78 is 17.2. The molecule has 8 nitrogen and oxygen atoms in total. The summed E-state index contributed by atoms with van der Waals surface area (Å²) in [4.78, 5) is 36.8. The molecule has 0 saturated heterocycles. The van der Waals surface area contributed by atoms with Gasteiger partial charge in [0.05, 0.1) is 34.4 Å². The number of ether oxygens (including phenoxy) is 3. The highest BCUT2D eigenvalue weighted by atomic mass is 16.6. The molecule has 0 spiro atoms. The summed E-state index contributed by atoms with van der Waals surface area (Å²) in [6, 6.07) is -0.623. The molecule has 0 aliphatic heterocycles. The fraction of sp³-hybridized carbons (Fsp3) is 0.705. The summed E-state index contributed by atoms with van der Waals surface area (Å²) in [5, 5.41) is 9.59. The van der Waals surface area contributed by atoms with Gasteiger partial charge in [-0.3, -0.25) is 9.59 Å². The first-order chi connectivity index (χ1) is 25.1. The third-order valence-corrected chi connectivity index (χ3v) is 8.65. The number of carboxylic acid groups (broad SMARTS) is 1. The maximum atomic E-state index is 12.7. The zero-order valence-corrected chi connectivity index (χ0v) is 33.7. The predicted molar refractivity (Wildman–Crippen MR) is 215 cm³/mol. The largest absolute Gasteiger partial charge is 0.477 e. The van der Waals surface area contributed by atoms with Gasteiger partial charge in [0.25, 0.3) is 0 Å². The molecule has 0 saturated carbocycles. The molecule has 0 aromatic rings. The SMILES string of the molecule is CC/C=C/C/C=C/C/C=C/C/C=C/CCCCCC(=O)OC(COCCC(C(=O)O)[N+](C)(C)C)COC(=O)CCCCCCC/C=C/CCCCC. The highest BCUT2D eigenvalue weighted by Gasteiger charge is 2.31. The molecule has 0 aliphatic rings. The molecule has 0 aromatic heterocycles. The van der Waals surface area contributed by atoms with E-state index in [1.165, 1.54) is 32.1 Å². The zero-order valence-electron chi connectivity index (χ0n) is 33.7. The molecule has 298 valence electrons. The Morgan fingerprint density at radius 1 is 0.596 bits per heavy atom. The van der Waals surface area contributed by atoms with Crippen molar-refractivity contribution in [3.05, 3.63) is 60.8 Å². The summed E-state index contributed by atoms with van der Waals surface area (Å²) in [5.41, 5.74) is 0. The molecule has 0 radical (unpaired) electrons. The lowest BCUT2D eigenvalue weighted by molar-refractivity contribution is -0.887. The van der Waals surface area contributed by atoms with Crippen LogP contribution in [0.15, 0.2) is 60.8 Å². The number of nitrogens with zero attached hydrogens (tertiary/aromatic N) is 1. The van der Waals surface area contributed by atoms with E-state index in [1.807, 2.05) is 21.1 Å². The first-order valence-electron chi connectivity index (χ1n) is 20.3. The number of hydrogen-bond acceptors (Lipinski definition) is 6. The lowest BCUT2D eigenvalue weighted by Gasteiger charge is -2.31. The Balaban J connectivity index is 4.48. The molecule has 2 atom stereocenters. The molecule has 52 heavy (non-hydrogen) atoms. The quantitative estimate of drug-likeness (QED) is 0.0300. The second kappa shape index (κ2) is 35.1. The third-order valence-electron chi connectivity index (χ3n) is 8.65. The van der Waals surface area contributed by atoms with Crippen LogP contribution >= 0.6 is 0 Å².